The van der Waals surface area contributed by atoms with Gasteiger partial charge in [0.15, 0.2) is 0 Å². The molecule has 0 amide bonds. The molecule has 0 aliphatic carbocycles. The van der Waals surface area contributed by atoms with Crippen molar-refractivity contribution in [1.29, 1.82) is 0 Å². The van der Waals surface area contributed by atoms with E-state index in [4.69, 9.17) is 4.42 Å². The summed E-state index contributed by atoms with van der Waals surface area (Å²) in [5.41, 5.74) is 14.6. The Morgan fingerprint density at radius 3 is 1.52 bits per heavy atom. The first-order valence-corrected chi connectivity index (χ1v) is 19.8. The standard InChI is InChI=1S/C56H37NO/c1-3-13-38(14-4-1)44-20-9-21-45(37-44)39-27-32-46(33-28-39)57(52-25-12-26-53-55(52)51-36-31-41-17-7-8-22-50(41)56(51)58-53)47-34-29-42(30-35-47)49-24-11-19-43-18-10-23-48(54(43)49)40-15-5-2-6-16-40/h1-37H. The molecular weight excluding hydrogens is 703 g/mol. The number of hydrogen-bond donors (Lipinski definition) is 0. The Balaban J connectivity index is 1.06. The largest absolute Gasteiger partial charge is 0.455 e. The van der Waals surface area contributed by atoms with E-state index >= 15 is 0 Å². The van der Waals surface area contributed by atoms with Crippen molar-refractivity contribution in [2.75, 3.05) is 4.90 Å². The number of benzene rings is 10. The summed E-state index contributed by atoms with van der Waals surface area (Å²) in [6.45, 7) is 0. The first-order chi connectivity index (χ1) is 28.8. The predicted octanol–water partition coefficient (Wildman–Crippen LogP) is 16.0. The van der Waals surface area contributed by atoms with Crippen LogP contribution in [-0.2, 0) is 0 Å². The lowest BCUT2D eigenvalue weighted by molar-refractivity contribution is 0.672. The van der Waals surface area contributed by atoms with Crippen molar-refractivity contribution in [3.63, 3.8) is 0 Å². The molecule has 0 saturated heterocycles. The molecule has 0 aliphatic heterocycles. The molecule has 2 heteroatoms. The van der Waals surface area contributed by atoms with Gasteiger partial charge in [0.05, 0.1) is 11.1 Å². The summed E-state index contributed by atoms with van der Waals surface area (Å²) >= 11 is 0. The van der Waals surface area contributed by atoms with Gasteiger partial charge in [-0.2, -0.15) is 0 Å². The SMILES string of the molecule is c1ccc(-c2cccc(-c3ccc(N(c4ccc(-c5cccc6cccc(-c7ccccc7)c56)cc4)c4cccc5oc6c7ccccc7ccc6c45)cc3)c2)cc1. The molecule has 0 bridgehead atoms. The Bertz CT molecular complexity index is 3250. The third-order valence-electron chi connectivity index (χ3n) is 11.5. The molecule has 0 radical (unpaired) electrons. The van der Waals surface area contributed by atoms with Crippen LogP contribution in [0.25, 0.3) is 88.0 Å². The summed E-state index contributed by atoms with van der Waals surface area (Å²) in [6, 6.07) is 80.6. The van der Waals surface area contributed by atoms with Crippen molar-refractivity contribution in [2.24, 2.45) is 0 Å². The van der Waals surface area contributed by atoms with Gasteiger partial charge in [0.25, 0.3) is 0 Å². The first-order valence-electron chi connectivity index (χ1n) is 19.8. The van der Waals surface area contributed by atoms with E-state index in [1.165, 1.54) is 60.7 Å². The Kier molecular flexibility index (Phi) is 8.19. The molecule has 0 spiro atoms. The van der Waals surface area contributed by atoms with Crippen LogP contribution in [0.5, 0.6) is 0 Å². The number of hydrogen-bond acceptors (Lipinski definition) is 2. The fourth-order valence-corrected chi connectivity index (χ4v) is 8.69. The maximum Gasteiger partial charge on any atom is 0.143 e. The van der Waals surface area contributed by atoms with Crippen LogP contribution >= 0.6 is 0 Å². The summed E-state index contributed by atoms with van der Waals surface area (Å²) in [7, 11) is 0. The molecule has 2 nitrogen and oxygen atoms in total. The predicted molar refractivity (Wildman–Crippen MR) is 245 cm³/mol. The van der Waals surface area contributed by atoms with E-state index in [0.29, 0.717) is 0 Å². The fourth-order valence-electron chi connectivity index (χ4n) is 8.69. The molecule has 0 N–H and O–H groups in total. The monoisotopic (exact) mass is 739 g/mol. The molecule has 11 aromatic rings. The maximum absolute atomic E-state index is 6.69. The maximum atomic E-state index is 6.69. The summed E-state index contributed by atoms with van der Waals surface area (Å²) < 4.78 is 6.69. The van der Waals surface area contributed by atoms with E-state index in [1.807, 2.05) is 0 Å². The van der Waals surface area contributed by atoms with E-state index in [-0.39, 0.29) is 0 Å². The Morgan fingerprint density at radius 1 is 0.310 bits per heavy atom. The van der Waals surface area contributed by atoms with Crippen LogP contribution in [0.2, 0.25) is 0 Å². The normalized spacial score (nSPS) is 11.4. The van der Waals surface area contributed by atoms with Crippen LogP contribution in [0.3, 0.4) is 0 Å². The van der Waals surface area contributed by atoms with E-state index in [0.717, 1.165) is 44.4 Å². The second-order valence-corrected chi connectivity index (χ2v) is 14.9. The van der Waals surface area contributed by atoms with Gasteiger partial charge in [-0.3, -0.25) is 0 Å². The van der Waals surface area contributed by atoms with Crippen molar-refractivity contribution in [2.45, 2.75) is 0 Å². The van der Waals surface area contributed by atoms with Crippen molar-refractivity contribution < 1.29 is 4.42 Å². The Labute approximate surface area is 337 Å². The van der Waals surface area contributed by atoms with Gasteiger partial charge in [-0.25, -0.2) is 0 Å². The average molecular weight is 740 g/mol. The zero-order chi connectivity index (χ0) is 38.4. The molecule has 1 aromatic heterocycles. The lowest BCUT2D eigenvalue weighted by Gasteiger charge is -2.27. The van der Waals surface area contributed by atoms with Crippen LogP contribution in [0, 0.1) is 0 Å². The van der Waals surface area contributed by atoms with Crippen molar-refractivity contribution in [3.05, 3.63) is 224 Å². The molecule has 0 fully saturated rings. The molecule has 1 heterocycles. The highest BCUT2D eigenvalue weighted by Crippen LogP contribution is 2.45. The van der Waals surface area contributed by atoms with Gasteiger partial charge >= 0.3 is 0 Å². The molecule has 0 unspecified atom stereocenters. The summed E-state index contributed by atoms with van der Waals surface area (Å²) in [5, 5.41) is 6.96. The minimum atomic E-state index is 0.865. The molecule has 272 valence electrons. The first kappa shape index (κ1) is 33.6. The topological polar surface area (TPSA) is 16.4 Å². The number of furan rings is 1. The minimum Gasteiger partial charge on any atom is -0.455 e. The van der Waals surface area contributed by atoms with Crippen LogP contribution in [0.1, 0.15) is 0 Å². The number of rotatable bonds is 7. The van der Waals surface area contributed by atoms with Gasteiger partial charge in [0, 0.05) is 22.1 Å². The van der Waals surface area contributed by atoms with Gasteiger partial charge in [-0.1, -0.05) is 176 Å². The summed E-state index contributed by atoms with van der Waals surface area (Å²) in [6.07, 6.45) is 0. The molecule has 58 heavy (non-hydrogen) atoms. The third kappa shape index (κ3) is 5.82. The second-order valence-electron chi connectivity index (χ2n) is 14.9. The quantitative estimate of drug-likeness (QED) is 0.162. The lowest BCUT2D eigenvalue weighted by atomic mass is 9.91. The van der Waals surface area contributed by atoms with Gasteiger partial charge in [0.2, 0.25) is 0 Å². The van der Waals surface area contributed by atoms with Crippen LogP contribution in [0.4, 0.5) is 17.1 Å². The van der Waals surface area contributed by atoms with Crippen molar-refractivity contribution in [3.8, 4) is 44.5 Å². The molecule has 0 aliphatic rings. The number of fused-ring (bicyclic) bond motifs is 6. The average Bonchev–Trinajstić information content (AvgIpc) is 3.70. The van der Waals surface area contributed by atoms with Crippen LogP contribution in [-0.4, -0.2) is 0 Å². The second kappa shape index (κ2) is 14.1. The summed E-state index contributed by atoms with van der Waals surface area (Å²) in [4.78, 5) is 2.37. The molecule has 10 aromatic carbocycles. The number of anilines is 3. The third-order valence-corrected chi connectivity index (χ3v) is 11.5. The highest BCUT2D eigenvalue weighted by atomic mass is 16.3. The van der Waals surface area contributed by atoms with Gasteiger partial charge in [0.1, 0.15) is 11.2 Å². The highest BCUT2D eigenvalue weighted by molar-refractivity contribution is 6.19. The van der Waals surface area contributed by atoms with E-state index in [2.05, 4.69) is 229 Å². The number of nitrogens with zero attached hydrogens (tertiary/aromatic N) is 1. The van der Waals surface area contributed by atoms with E-state index in [1.54, 1.807) is 0 Å². The molecule has 11 rings (SSSR count). The smallest absolute Gasteiger partial charge is 0.143 e. The van der Waals surface area contributed by atoms with Crippen molar-refractivity contribution in [1.82, 2.24) is 0 Å². The van der Waals surface area contributed by atoms with Crippen LogP contribution in [0.15, 0.2) is 229 Å². The highest BCUT2D eigenvalue weighted by Gasteiger charge is 2.21. The molecule has 0 atom stereocenters. The van der Waals surface area contributed by atoms with Crippen molar-refractivity contribution >= 4 is 60.5 Å². The van der Waals surface area contributed by atoms with Gasteiger partial charge < -0.3 is 9.32 Å². The zero-order valence-electron chi connectivity index (χ0n) is 31.7. The lowest BCUT2D eigenvalue weighted by Crippen LogP contribution is -2.10. The van der Waals surface area contributed by atoms with Gasteiger partial charge in [-0.15, -0.1) is 0 Å². The van der Waals surface area contributed by atoms with Crippen LogP contribution < -0.4 is 4.90 Å². The summed E-state index contributed by atoms with van der Waals surface area (Å²) in [5.74, 6) is 0. The molecule has 0 saturated carbocycles. The Morgan fingerprint density at radius 2 is 0.828 bits per heavy atom. The Hall–Kier alpha value is -7.68. The van der Waals surface area contributed by atoms with E-state index < -0.39 is 0 Å². The molecular formula is C56H37NO. The fraction of sp³-hybridized carbons (Fsp3) is 0. The van der Waals surface area contributed by atoms with E-state index in [9.17, 15) is 0 Å². The van der Waals surface area contributed by atoms with Gasteiger partial charge in [-0.05, 0) is 109 Å². The zero-order valence-corrected chi connectivity index (χ0v) is 31.7. The minimum absolute atomic E-state index is 0.865.